The average molecular weight is 516 g/mol. The summed E-state index contributed by atoms with van der Waals surface area (Å²) in [5.41, 5.74) is 0.480. The quantitative estimate of drug-likeness (QED) is 0.258. The van der Waals surface area contributed by atoms with Crippen LogP contribution in [-0.2, 0) is 32.0 Å². The lowest BCUT2D eigenvalue weighted by Crippen LogP contribution is -2.57. The lowest BCUT2D eigenvalue weighted by Gasteiger charge is -2.26. The molecule has 0 radical (unpaired) electrons. The summed E-state index contributed by atoms with van der Waals surface area (Å²) in [6.45, 7) is 4.17. The zero-order valence-corrected chi connectivity index (χ0v) is 20.9. The maximum absolute atomic E-state index is 13.3. The molecular formula is C26H33N3O8. The molecule has 3 amide bonds. The van der Waals surface area contributed by atoms with E-state index in [0.29, 0.717) is 11.1 Å². The molecule has 0 saturated carbocycles. The normalized spacial score (nSPS) is 13.5. The summed E-state index contributed by atoms with van der Waals surface area (Å²) in [6.07, 6.45) is -0.810. The maximum Gasteiger partial charge on any atom is 0.408 e. The first-order valence-corrected chi connectivity index (χ1v) is 11.6. The van der Waals surface area contributed by atoms with Crippen molar-refractivity contribution in [1.29, 1.82) is 0 Å². The van der Waals surface area contributed by atoms with E-state index in [-0.39, 0.29) is 18.6 Å². The number of phenols is 1. The van der Waals surface area contributed by atoms with Gasteiger partial charge in [0.25, 0.3) is 0 Å². The molecule has 3 atom stereocenters. The first kappa shape index (κ1) is 29.1. The summed E-state index contributed by atoms with van der Waals surface area (Å²) in [5, 5.41) is 35.4. The second-order valence-electron chi connectivity index (χ2n) is 9.40. The molecule has 0 aliphatic rings. The number of phenolic OH excluding ortho intramolecular Hbond substituents is 1. The maximum atomic E-state index is 13.3. The van der Waals surface area contributed by atoms with Crippen molar-refractivity contribution in [3.05, 3.63) is 65.7 Å². The topological polar surface area (TPSA) is 174 Å². The van der Waals surface area contributed by atoms with Crippen molar-refractivity contribution >= 4 is 23.9 Å². The van der Waals surface area contributed by atoms with Gasteiger partial charge in [-0.3, -0.25) is 9.59 Å². The number of carboxylic acids is 1. The van der Waals surface area contributed by atoms with Crippen molar-refractivity contribution in [3.63, 3.8) is 0 Å². The van der Waals surface area contributed by atoms with Crippen molar-refractivity contribution < 1.29 is 39.2 Å². The van der Waals surface area contributed by atoms with E-state index >= 15 is 0 Å². The minimum absolute atomic E-state index is 0.0133. The molecule has 2 aromatic rings. The van der Waals surface area contributed by atoms with E-state index in [0.717, 1.165) is 0 Å². The number of aliphatic carboxylic acids is 1. The van der Waals surface area contributed by atoms with Crippen LogP contribution in [0.15, 0.2) is 54.6 Å². The van der Waals surface area contributed by atoms with Gasteiger partial charge in [-0.25, -0.2) is 9.59 Å². The van der Waals surface area contributed by atoms with Gasteiger partial charge in [0, 0.05) is 12.8 Å². The molecule has 0 aromatic heterocycles. The number of hydrogen-bond donors (Lipinski definition) is 6. The van der Waals surface area contributed by atoms with Crippen LogP contribution in [0.1, 0.15) is 31.9 Å². The Labute approximate surface area is 214 Å². The van der Waals surface area contributed by atoms with Crippen molar-refractivity contribution in [2.24, 2.45) is 0 Å². The Kier molecular flexibility index (Phi) is 10.4. The number of benzene rings is 2. The van der Waals surface area contributed by atoms with Crippen molar-refractivity contribution in [3.8, 4) is 5.75 Å². The summed E-state index contributed by atoms with van der Waals surface area (Å²) >= 11 is 0. The smallest absolute Gasteiger partial charge is 0.408 e. The van der Waals surface area contributed by atoms with Crippen molar-refractivity contribution in [2.45, 2.75) is 57.3 Å². The third-order valence-corrected chi connectivity index (χ3v) is 5.10. The Morgan fingerprint density at radius 1 is 0.784 bits per heavy atom. The Hall–Kier alpha value is -4.12. The Morgan fingerprint density at radius 2 is 1.27 bits per heavy atom. The molecule has 37 heavy (non-hydrogen) atoms. The molecule has 0 spiro atoms. The van der Waals surface area contributed by atoms with Crippen LogP contribution >= 0.6 is 0 Å². The molecule has 0 bridgehead atoms. The van der Waals surface area contributed by atoms with E-state index in [1.807, 2.05) is 0 Å². The minimum Gasteiger partial charge on any atom is -0.508 e. The summed E-state index contributed by atoms with van der Waals surface area (Å²) in [4.78, 5) is 50.0. The molecule has 0 aliphatic heterocycles. The summed E-state index contributed by atoms with van der Waals surface area (Å²) in [5.74, 6) is -2.94. The van der Waals surface area contributed by atoms with E-state index in [1.165, 1.54) is 12.1 Å². The fourth-order valence-electron chi connectivity index (χ4n) is 3.32. The van der Waals surface area contributed by atoms with Gasteiger partial charge in [-0.2, -0.15) is 0 Å². The van der Waals surface area contributed by atoms with E-state index in [2.05, 4.69) is 16.0 Å². The van der Waals surface area contributed by atoms with Crippen LogP contribution in [-0.4, -0.2) is 69.5 Å². The number of aromatic hydroxyl groups is 1. The molecule has 0 aliphatic carbocycles. The number of carboxylic acid groups (broad SMARTS) is 1. The predicted octanol–water partition coefficient (Wildman–Crippen LogP) is 1.12. The highest BCUT2D eigenvalue weighted by molar-refractivity contribution is 5.93. The van der Waals surface area contributed by atoms with Gasteiger partial charge in [-0.05, 0) is 44.0 Å². The fourth-order valence-corrected chi connectivity index (χ4v) is 3.32. The third kappa shape index (κ3) is 10.2. The van der Waals surface area contributed by atoms with E-state index in [4.69, 9.17) is 4.74 Å². The minimum atomic E-state index is -1.56. The largest absolute Gasteiger partial charge is 0.508 e. The van der Waals surface area contributed by atoms with Crippen molar-refractivity contribution in [1.82, 2.24) is 16.0 Å². The third-order valence-electron chi connectivity index (χ3n) is 5.10. The average Bonchev–Trinajstić information content (AvgIpc) is 2.82. The Bertz CT molecular complexity index is 1070. The number of carbonyl (C=O) groups excluding carboxylic acids is 3. The number of amides is 3. The molecule has 11 heteroatoms. The molecule has 200 valence electrons. The van der Waals surface area contributed by atoms with Crippen LogP contribution in [0.25, 0.3) is 0 Å². The van der Waals surface area contributed by atoms with Crippen molar-refractivity contribution in [2.75, 3.05) is 6.61 Å². The summed E-state index contributed by atoms with van der Waals surface area (Å²) in [6, 6.07) is 10.8. The van der Waals surface area contributed by atoms with Gasteiger partial charge < -0.3 is 36.0 Å². The van der Waals surface area contributed by atoms with Gasteiger partial charge in [-0.1, -0.05) is 42.5 Å². The van der Waals surface area contributed by atoms with Gasteiger partial charge in [0.1, 0.15) is 29.5 Å². The molecule has 6 N–H and O–H groups in total. The SMILES string of the molecule is CC(C)(C)OC(=O)N[C@H](Cc1ccc(O)cc1)C(=O)N[C@@H](Cc1ccccc1)C(=O)N[C@@H](CO)C(=O)O. The standard InChI is InChI=1S/C26H33N3O8/c1-26(2,3)37-25(36)29-20(14-17-9-11-18(31)12-10-17)23(33)27-19(13-16-7-5-4-6-8-16)22(32)28-21(15-30)24(34)35/h4-12,19-21,30-31H,13-15H2,1-3H3,(H,27,33)(H,28,32)(H,29,36)(H,34,35)/t19-,20+,21-/m0/s1. The molecule has 0 saturated heterocycles. The van der Waals surface area contributed by atoms with Gasteiger partial charge in [0.15, 0.2) is 0 Å². The number of ether oxygens (including phenoxy) is 1. The molecule has 2 rings (SSSR count). The lowest BCUT2D eigenvalue weighted by molar-refractivity contribution is -0.143. The van der Waals surface area contributed by atoms with E-state index < -0.39 is 54.2 Å². The number of alkyl carbamates (subject to hydrolysis) is 1. The zero-order chi connectivity index (χ0) is 27.6. The number of carbonyl (C=O) groups is 4. The van der Waals surface area contributed by atoms with Gasteiger partial charge in [0.05, 0.1) is 6.61 Å². The Balaban J connectivity index is 2.29. The van der Waals surface area contributed by atoms with Crippen LogP contribution in [0.3, 0.4) is 0 Å². The first-order valence-electron chi connectivity index (χ1n) is 11.6. The highest BCUT2D eigenvalue weighted by Gasteiger charge is 2.30. The van der Waals surface area contributed by atoms with Crippen LogP contribution in [0.2, 0.25) is 0 Å². The van der Waals surface area contributed by atoms with Gasteiger partial charge in [-0.15, -0.1) is 0 Å². The zero-order valence-electron chi connectivity index (χ0n) is 20.9. The van der Waals surface area contributed by atoms with Crippen LogP contribution < -0.4 is 16.0 Å². The molecular weight excluding hydrogens is 482 g/mol. The molecule has 0 fully saturated rings. The number of hydrogen-bond acceptors (Lipinski definition) is 7. The van der Waals surface area contributed by atoms with E-state index in [9.17, 15) is 34.5 Å². The second kappa shape index (κ2) is 13.3. The van der Waals surface area contributed by atoms with Gasteiger partial charge >= 0.3 is 12.1 Å². The first-order chi connectivity index (χ1) is 17.4. The molecule has 0 unspecified atom stereocenters. The lowest BCUT2D eigenvalue weighted by atomic mass is 10.0. The summed E-state index contributed by atoms with van der Waals surface area (Å²) in [7, 11) is 0. The number of aliphatic hydroxyl groups excluding tert-OH is 1. The molecule has 11 nitrogen and oxygen atoms in total. The van der Waals surface area contributed by atoms with Crippen LogP contribution in [0, 0.1) is 0 Å². The van der Waals surface area contributed by atoms with Crippen LogP contribution in [0.5, 0.6) is 5.75 Å². The van der Waals surface area contributed by atoms with Crippen LogP contribution in [0.4, 0.5) is 4.79 Å². The van der Waals surface area contributed by atoms with Gasteiger partial charge in [0.2, 0.25) is 11.8 Å². The number of rotatable bonds is 11. The molecule has 0 heterocycles. The predicted molar refractivity (Wildman–Crippen MR) is 134 cm³/mol. The summed E-state index contributed by atoms with van der Waals surface area (Å²) < 4.78 is 5.27. The Morgan fingerprint density at radius 3 is 1.76 bits per heavy atom. The highest BCUT2D eigenvalue weighted by Crippen LogP contribution is 2.13. The number of aliphatic hydroxyl groups is 1. The molecule has 2 aromatic carbocycles. The second-order valence-corrected chi connectivity index (χ2v) is 9.40. The highest BCUT2D eigenvalue weighted by atomic mass is 16.6. The fraction of sp³-hybridized carbons (Fsp3) is 0.385. The number of nitrogens with one attached hydrogen (secondary N) is 3. The van der Waals surface area contributed by atoms with E-state index in [1.54, 1.807) is 63.2 Å². The monoisotopic (exact) mass is 515 g/mol.